The Morgan fingerprint density at radius 1 is 1.08 bits per heavy atom. The van der Waals surface area contributed by atoms with E-state index in [-0.39, 0.29) is 11.8 Å². The Morgan fingerprint density at radius 2 is 1.72 bits per heavy atom. The summed E-state index contributed by atoms with van der Waals surface area (Å²) in [6.45, 7) is 4.67. The Kier molecular flexibility index (Phi) is 4.82. The molecule has 2 atom stereocenters. The molecule has 136 valence electrons. The molecule has 3 saturated heterocycles. The minimum absolute atomic E-state index is 0.111. The van der Waals surface area contributed by atoms with E-state index in [2.05, 4.69) is 5.32 Å². The van der Waals surface area contributed by atoms with Gasteiger partial charge in [0.25, 0.3) is 5.91 Å². The molecular formula is C19H27N3O2S. The van der Waals surface area contributed by atoms with Crippen molar-refractivity contribution in [1.82, 2.24) is 15.1 Å². The number of fused-ring (bicyclic) bond motifs is 2. The molecule has 1 N–H and O–H groups in total. The molecule has 0 aliphatic carbocycles. The number of nitrogens with one attached hydrogen (secondary N) is 1. The molecular weight excluding hydrogens is 334 g/mol. The molecule has 0 spiro atoms. The fourth-order valence-electron chi connectivity index (χ4n) is 4.58. The van der Waals surface area contributed by atoms with Crippen molar-refractivity contribution in [1.29, 1.82) is 0 Å². The van der Waals surface area contributed by atoms with E-state index in [1.165, 1.54) is 12.8 Å². The Morgan fingerprint density at radius 3 is 2.32 bits per heavy atom. The first-order valence-electron chi connectivity index (χ1n) is 9.48. The van der Waals surface area contributed by atoms with Crippen LogP contribution < -0.4 is 5.32 Å². The molecule has 0 saturated carbocycles. The fourth-order valence-corrected chi connectivity index (χ4v) is 5.42. The number of piperidine rings is 1. The predicted molar refractivity (Wildman–Crippen MR) is 98.8 cm³/mol. The van der Waals surface area contributed by atoms with Gasteiger partial charge in [-0.15, -0.1) is 11.3 Å². The van der Waals surface area contributed by atoms with Gasteiger partial charge in [0.05, 0.1) is 4.88 Å². The number of hydrogen-bond donors (Lipinski definition) is 1. The van der Waals surface area contributed by atoms with Crippen LogP contribution in [0.4, 0.5) is 0 Å². The van der Waals surface area contributed by atoms with E-state index < -0.39 is 0 Å². The van der Waals surface area contributed by atoms with Gasteiger partial charge in [0, 0.05) is 49.6 Å². The lowest BCUT2D eigenvalue weighted by molar-refractivity contribution is -0.134. The van der Waals surface area contributed by atoms with Gasteiger partial charge in [-0.05, 0) is 50.7 Å². The summed E-state index contributed by atoms with van der Waals surface area (Å²) >= 11 is 1.55. The zero-order valence-electron chi connectivity index (χ0n) is 14.9. The second-order valence-corrected chi connectivity index (χ2v) is 9.05. The third kappa shape index (κ3) is 3.75. The number of rotatable bonds is 3. The average molecular weight is 362 g/mol. The van der Waals surface area contributed by atoms with E-state index in [1.807, 2.05) is 28.9 Å². The summed E-state index contributed by atoms with van der Waals surface area (Å²) in [5.41, 5.74) is 0. The van der Waals surface area contributed by atoms with Crippen LogP contribution >= 0.6 is 11.3 Å². The number of thiophene rings is 1. The van der Waals surface area contributed by atoms with E-state index in [0.29, 0.717) is 50.6 Å². The molecule has 2 unspecified atom stereocenters. The molecule has 3 fully saturated rings. The van der Waals surface area contributed by atoms with Crippen LogP contribution in [0, 0.1) is 12.8 Å². The quantitative estimate of drug-likeness (QED) is 0.898. The van der Waals surface area contributed by atoms with Gasteiger partial charge in [-0.1, -0.05) is 0 Å². The lowest BCUT2D eigenvalue weighted by atomic mass is 9.89. The molecule has 2 amide bonds. The minimum atomic E-state index is 0.111. The number of hydrogen-bond acceptors (Lipinski definition) is 4. The molecule has 2 bridgehead atoms. The highest BCUT2D eigenvalue weighted by molar-refractivity contribution is 7.13. The van der Waals surface area contributed by atoms with Crippen molar-refractivity contribution in [2.45, 2.75) is 51.1 Å². The molecule has 0 radical (unpaired) electrons. The summed E-state index contributed by atoms with van der Waals surface area (Å²) in [5.74, 6) is 0.936. The summed E-state index contributed by atoms with van der Waals surface area (Å²) in [6, 6.07) is 5.18. The molecule has 4 heterocycles. The summed E-state index contributed by atoms with van der Waals surface area (Å²) in [4.78, 5) is 31.0. The number of nitrogens with zero attached hydrogens (tertiary/aromatic N) is 2. The third-order valence-corrected chi connectivity index (χ3v) is 6.89. The largest absolute Gasteiger partial charge is 0.339 e. The zero-order chi connectivity index (χ0) is 17.4. The molecule has 0 aromatic carbocycles. The highest BCUT2D eigenvalue weighted by Gasteiger charge is 2.35. The maximum absolute atomic E-state index is 12.7. The maximum Gasteiger partial charge on any atom is 0.264 e. The van der Waals surface area contributed by atoms with Crippen LogP contribution in [-0.2, 0) is 4.79 Å². The van der Waals surface area contributed by atoms with Crippen molar-refractivity contribution < 1.29 is 9.59 Å². The van der Waals surface area contributed by atoms with Gasteiger partial charge in [-0.25, -0.2) is 0 Å². The Balaban J connectivity index is 1.26. The van der Waals surface area contributed by atoms with Crippen LogP contribution in [0.1, 0.15) is 46.7 Å². The number of aryl methyl sites for hydroxylation is 1. The SMILES string of the molecule is Cc1ccc(C(=O)N2CCN(C(=O)CC3CC4CCC(C3)N4)CC2)s1. The topological polar surface area (TPSA) is 52.7 Å². The summed E-state index contributed by atoms with van der Waals surface area (Å²) in [5, 5.41) is 3.64. The van der Waals surface area contributed by atoms with Crippen LogP contribution in [-0.4, -0.2) is 59.9 Å². The monoisotopic (exact) mass is 361 g/mol. The van der Waals surface area contributed by atoms with E-state index in [1.54, 1.807) is 11.3 Å². The zero-order valence-corrected chi connectivity index (χ0v) is 15.7. The second-order valence-electron chi connectivity index (χ2n) is 7.76. The van der Waals surface area contributed by atoms with Crippen molar-refractivity contribution in [3.05, 3.63) is 21.9 Å². The molecule has 3 aliphatic heterocycles. The van der Waals surface area contributed by atoms with Gasteiger partial charge in [0.15, 0.2) is 0 Å². The summed E-state index contributed by atoms with van der Waals surface area (Å²) in [7, 11) is 0. The van der Waals surface area contributed by atoms with Crippen molar-refractivity contribution in [3.63, 3.8) is 0 Å². The molecule has 5 nitrogen and oxygen atoms in total. The van der Waals surface area contributed by atoms with Crippen LogP contribution in [0.25, 0.3) is 0 Å². The molecule has 4 rings (SSSR count). The standard InChI is InChI=1S/C19H27N3O2S/c1-13-2-5-17(25-13)19(24)22-8-6-21(7-9-22)18(23)12-14-10-15-3-4-16(11-14)20-15/h2,5,14-16,20H,3-4,6-12H2,1H3. The van der Waals surface area contributed by atoms with E-state index >= 15 is 0 Å². The Bertz CT molecular complexity index is 639. The molecule has 25 heavy (non-hydrogen) atoms. The molecule has 1 aromatic heterocycles. The van der Waals surface area contributed by atoms with Crippen LogP contribution in [0.15, 0.2) is 12.1 Å². The van der Waals surface area contributed by atoms with Crippen LogP contribution in [0.5, 0.6) is 0 Å². The van der Waals surface area contributed by atoms with Gasteiger partial charge >= 0.3 is 0 Å². The van der Waals surface area contributed by atoms with Gasteiger partial charge in [-0.3, -0.25) is 9.59 Å². The average Bonchev–Trinajstić information content (AvgIpc) is 3.19. The smallest absolute Gasteiger partial charge is 0.264 e. The van der Waals surface area contributed by atoms with Crippen LogP contribution in [0.3, 0.4) is 0 Å². The van der Waals surface area contributed by atoms with E-state index in [4.69, 9.17) is 0 Å². The highest BCUT2D eigenvalue weighted by Crippen LogP contribution is 2.33. The van der Waals surface area contributed by atoms with Crippen molar-refractivity contribution in [2.75, 3.05) is 26.2 Å². The number of piperazine rings is 1. The predicted octanol–water partition coefficient (Wildman–Crippen LogP) is 2.26. The number of carbonyl (C=O) groups excluding carboxylic acids is 2. The number of carbonyl (C=O) groups is 2. The second kappa shape index (κ2) is 7.08. The minimum Gasteiger partial charge on any atom is -0.339 e. The van der Waals surface area contributed by atoms with Gasteiger partial charge in [0.1, 0.15) is 0 Å². The van der Waals surface area contributed by atoms with Gasteiger partial charge < -0.3 is 15.1 Å². The lowest BCUT2D eigenvalue weighted by Crippen LogP contribution is -2.51. The maximum atomic E-state index is 12.7. The van der Waals surface area contributed by atoms with Crippen molar-refractivity contribution >= 4 is 23.2 Å². The summed E-state index contributed by atoms with van der Waals surface area (Å²) < 4.78 is 0. The highest BCUT2D eigenvalue weighted by atomic mass is 32.1. The first-order chi connectivity index (χ1) is 12.1. The first-order valence-corrected chi connectivity index (χ1v) is 10.3. The van der Waals surface area contributed by atoms with E-state index in [0.717, 1.165) is 22.6 Å². The first kappa shape index (κ1) is 17.0. The Hall–Kier alpha value is -1.40. The van der Waals surface area contributed by atoms with Crippen molar-refractivity contribution in [2.24, 2.45) is 5.92 Å². The molecule has 1 aromatic rings. The normalized spacial score (nSPS) is 29.1. The Labute approximate surface area is 153 Å². The van der Waals surface area contributed by atoms with Gasteiger partial charge in [0.2, 0.25) is 5.91 Å². The lowest BCUT2D eigenvalue weighted by Gasteiger charge is -2.36. The molecule has 3 aliphatic rings. The molecule has 6 heteroatoms. The van der Waals surface area contributed by atoms with Crippen molar-refractivity contribution in [3.8, 4) is 0 Å². The van der Waals surface area contributed by atoms with E-state index in [9.17, 15) is 9.59 Å². The third-order valence-electron chi connectivity index (χ3n) is 5.90. The number of amides is 2. The fraction of sp³-hybridized carbons (Fsp3) is 0.684. The summed E-state index contributed by atoms with van der Waals surface area (Å²) in [6.07, 6.45) is 5.54. The van der Waals surface area contributed by atoms with Gasteiger partial charge in [-0.2, -0.15) is 0 Å². The van der Waals surface area contributed by atoms with Crippen LogP contribution in [0.2, 0.25) is 0 Å².